The first kappa shape index (κ1) is 16.0. The van der Waals surface area contributed by atoms with E-state index in [-0.39, 0.29) is 17.6 Å². The molecule has 126 valence electrons. The van der Waals surface area contributed by atoms with Gasteiger partial charge in [0.05, 0.1) is 6.61 Å². The Kier molecular flexibility index (Phi) is 4.50. The molecule has 7 nitrogen and oxygen atoms in total. The molecule has 0 spiro atoms. The molecule has 2 amide bonds. The lowest BCUT2D eigenvalue weighted by atomic mass is 10.1. The van der Waals surface area contributed by atoms with Gasteiger partial charge in [0.2, 0.25) is 0 Å². The second-order valence-corrected chi connectivity index (χ2v) is 5.46. The van der Waals surface area contributed by atoms with E-state index in [2.05, 4.69) is 0 Å². The molecular formula is C17H18N2O5. The van der Waals surface area contributed by atoms with Crippen LogP contribution in [0.15, 0.2) is 39.5 Å². The number of hydrogen-bond donors (Lipinski definition) is 0. The highest BCUT2D eigenvalue weighted by atomic mass is 16.6. The van der Waals surface area contributed by atoms with Crippen LogP contribution >= 0.6 is 0 Å². The van der Waals surface area contributed by atoms with E-state index in [0.29, 0.717) is 43.8 Å². The Balaban J connectivity index is 1.75. The Hall–Kier alpha value is -2.83. The first-order chi connectivity index (χ1) is 11.6. The van der Waals surface area contributed by atoms with E-state index in [4.69, 9.17) is 9.15 Å². The number of benzene rings is 1. The largest absolute Gasteiger partial charge is 0.450 e. The standard InChI is InChI=1S/C17H18N2O5/c1-2-23-17(22)19-9-7-18(8-10-19)15(20)13-11-12-5-3-4-6-14(12)24-16(13)21/h3-6,11H,2,7-10H2,1H3. The molecule has 0 bridgehead atoms. The highest BCUT2D eigenvalue weighted by Gasteiger charge is 2.27. The van der Waals surface area contributed by atoms with Crippen LogP contribution in [0.1, 0.15) is 17.3 Å². The fraction of sp³-hybridized carbons (Fsp3) is 0.353. The molecule has 0 radical (unpaired) electrons. The number of piperazine rings is 1. The fourth-order valence-electron chi connectivity index (χ4n) is 2.69. The zero-order valence-electron chi connectivity index (χ0n) is 13.4. The topological polar surface area (TPSA) is 80.1 Å². The molecule has 7 heteroatoms. The zero-order valence-corrected chi connectivity index (χ0v) is 13.4. The molecule has 2 aromatic rings. The summed E-state index contributed by atoms with van der Waals surface area (Å²) in [5.41, 5.74) is -0.184. The highest BCUT2D eigenvalue weighted by molar-refractivity contribution is 5.96. The lowest BCUT2D eigenvalue weighted by molar-refractivity contribution is 0.0567. The van der Waals surface area contributed by atoms with Crippen molar-refractivity contribution in [3.63, 3.8) is 0 Å². The van der Waals surface area contributed by atoms with Crippen LogP contribution in [-0.2, 0) is 4.74 Å². The van der Waals surface area contributed by atoms with Crippen LogP contribution in [0.3, 0.4) is 0 Å². The predicted molar refractivity (Wildman–Crippen MR) is 87.0 cm³/mol. The number of ether oxygens (including phenoxy) is 1. The third-order valence-corrected chi connectivity index (χ3v) is 3.96. The molecule has 0 unspecified atom stereocenters. The SMILES string of the molecule is CCOC(=O)N1CCN(C(=O)c2cc3ccccc3oc2=O)CC1. The Morgan fingerprint density at radius 3 is 2.50 bits per heavy atom. The van der Waals surface area contributed by atoms with E-state index in [1.165, 1.54) is 0 Å². The number of fused-ring (bicyclic) bond motifs is 1. The van der Waals surface area contributed by atoms with E-state index in [1.54, 1.807) is 41.0 Å². The number of nitrogens with zero attached hydrogens (tertiary/aromatic N) is 2. The Morgan fingerprint density at radius 1 is 1.12 bits per heavy atom. The predicted octanol–water partition coefficient (Wildman–Crippen LogP) is 1.71. The molecule has 24 heavy (non-hydrogen) atoms. The van der Waals surface area contributed by atoms with Crippen molar-refractivity contribution in [1.82, 2.24) is 9.80 Å². The van der Waals surface area contributed by atoms with E-state index < -0.39 is 5.63 Å². The van der Waals surface area contributed by atoms with Crippen molar-refractivity contribution in [3.8, 4) is 0 Å². The summed E-state index contributed by atoms with van der Waals surface area (Å²) < 4.78 is 10.2. The summed E-state index contributed by atoms with van der Waals surface area (Å²) in [6.07, 6.45) is -0.380. The van der Waals surface area contributed by atoms with Gasteiger partial charge in [-0.1, -0.05) is 18.2 Å². The Bertz CT molecular complexity index is 821. The summed E-state index contributed by atoms with van der Waals surface area (Å²) in [5, 5.41) is 0.700. The van der Waals surface area contributed by atoms with Crippen molar-refractivity contribution >= 4 is 23.0 Å². The van der Waals surface area contributed by atoms with Gasteiger partial charge in [-0.25, -0.2) is 9.59 Å². The molecule has 1 saturated heterocycles. The van der Waals surface area contributed by atoms with Gasteiger partial charge in [-0.2, -0.15) is 0 Å². The first-order valence-corrected chi connectivity index (χ1v) is 7.84. The first-order valence-electron chi connectivity index (χ1n) is 7.84. The van der Waals surface area contributed by atoms with Crippen molar-refractivity contribution in [3.05, 3.63) is 46.3 Å². The summed E-state index contributed by atoms with van der Waals surface area (Å²) in [5.74, 6) is -0.377. The number of carbonyl (C=O) groups is 2. The number of carbonyl (C=O) groups excluding carboxylic acids is 2. The molecule has 0 N–H and O–H groups in total. The van der Waals surface area contributed by atoms with E-state index in [0.717, 1.165) is 0 Å². The molecule has 1 aliphatic heterocycles. The Morgan fingerprint density at radius 2 is 1.79 bits per heavy atom. The molecule has 1 aromatic carbocycles. The summed E-state index contributed by atoms with van der Waals surface area (Å²) in [6, 6.07) is 8.61. The highest BCUT2D eigenvalue weighted by Crippen LogP contribution is 2.14. The van der Waals surface area contributed by atoms with E-state index in [1.807, 2.05) is 6.07 Å². The maximum atomic E-state index is 12.6. The number of para-hydroxylation sites is 1. The maximum absolute atomic E-state index is 12.6. The van der Waals surface area contributed by atoms with Gasteiger partial charge in [0.1, 0.15) is 11.1 Å². The van der Waals surface area contributed by atoms with Crippen molar-refractivity contribution in [2.45, 2.75) is 6.92 Å². The summed E-state index contributed by atoms with van der Waals surface area (Å²) in [6.45, 7) is 3.52. The molecular weight excluding hydrogens is 312 g/mol. The van der Waals surface area contributed by atoms with Crippen LogP contribution in [0, 0.1) is 0 Å². The molecule has 1 aromatic heterocycles. The smallest absolute Gasteiger partial charge is 0.409 e. The lowest BCUT2D eigenvalue weighted by Gasteiger charge is -2.33. The van der Waals surface area contributed by atoms with Gasteiger partial charge in [0.15, 0.2) is 0 Å². The van der Waals surface area contributed by atoms with Gasteiger partial charge < -0.3 is 19.0 Å². The van der Waals surface area contributed by atoms with Crippen LogP contribution in [0.4, 0.5) is 4.79 Å². The minimum absolute atomic E-state index is 0.0123. The minimum atomic E-state index is -0.647. The number of hydrogen-bond acceptors (Lipinski definition) is 5. The molecule has 0 atom stereocenters. The monoisotopic (exact) mass is 330 g/mol. The summed E-state index contributed by atoms with van der Waals surface area (Å²) in [4.78, 5) is 39.5. The zero-order chi connectivity index (χ0) is 17.1. The van der Waals surface area contributed by atoms with Gasteiger partial charge in [0, 0.05) is 31.6 Å². The molecule has 0 aliphatic carbocycles. The van der Waals surface area contributed by atoms with Gasteiger partial charge in [-0.15, -0.1) is 0 Å². The van der Waals surface area contributed by atoms with E-state index in [9.17, 15) is 14.4 Å². The summed E-state index contributed by atoms with van der Waals surface area (Å²) >= 11 is 0. The minimum Gasteiger partial charge on any atom is -0.450 e. The van der Waals surface area contributed by atoms with Crippen molar-refractivity contribution in [1.29, 1.82) is 0 Å². The van der Waals surface area contributed by atoms with Crippen LogP contribution in [-0.4, -0.2) is 54.6 Å². The molecule has 1 aliphatic rings. The number of rotatable bonds is 2. The quantitative estimate of drug-likeness (QED) is 0.783. The Labute approximate surface area is 138 Å². The van der Waals surface area contributed by atoms with E-state index >= 15 is 0 Å². The second kappa shape index (κ2) is 6.74. The molecule has 0 saturated carbocycles. The third kappa shape index (κ3) is 3.10. The average Bonchev–Trinajstić information content (AvgIpc) is 2.61. The average molecular weight is 330 g/mol. The molecule has 3 rings (SSSR count). The van der Waals surface area contributed by atoms with Gasteiger partial charge in [-0.3, -0.25) is 4.79 Å². The summed E-state index contributed by atoms with van der Waals surface area (Å²) in [7, 11) is 0. The molecule has 1 fully saturated rings. The van der Waals surface area contributed by atoms with Gasteiger partial charge >= 0.3 is 11.7 Å². The fourth-order valence-corrected chi connectivity index (χ4v) is 2.69. The van der Waals surface area contributed by atoms with Crippen LogP contribution < -0.4 is 5.63 Å². The second-order valence-electron chi connectivity index (χ2n) is 5.46. The normalized spacial score (nSPS) is 14.7. The maximum Gasteiger partial charge on any atom is 0.409 e. The van der Waals surface area contributed by atoms with Gasteiger partial charge in [0.25, 0.3) is 5.91 Å². The van der Waals surface area contributed by atoms with Crippen molar-refractivity contribution < 1.29 is 18.7 Å². The van der Waals surface area contributed by atoms with Crippen LogP contribution in [0.5, 0.6) is 0 Å². The molecule has 2 heterocycles. The van der Waals surface area contributed by atoms with Crippen LogP contribution in [0.2, 0.25) is 0 Å². The van der Waals surface area contributed by atoms with Crippen LogP contribution in [0.25, 0.3) is 11.0 Å². The van der Waals surface area contributed by atoms with Crippen molar-refractivity contribution in [2.24, 2.45) is 0 Å². The third-order valence-electron chi connectivity index (χ3n) is 3.96. The lowest BCUT2D eigenvalue weighted by Crippen LogP contribution is -2.51. The van der Waals surface area contributed by atoms with Crippen molar-refractivity contribution in [2.75, 3.05) is 32.8 Å². The number of amides is 2. The van der Waals surface area contributed by atoms with Gasteiger partial charge in [-0.05, 0) is 19.1 Å².